The lowest BCUT2D eigenvalue weighted by atomic mass is 10.3. The van der Waals surface area contributed by atoms with Gasteiger partial charge < -0.3 is 15.8 Å². The summed E-state index contributed by atoms with van der Waals surface area (Å²) >= 11 is 0. The molecule has 14 heavy (non-hydrogen) atoms. The fraction of sp³-hybridized carbons (Fsp3) is 0.300. The van der Waals surface area contributed by atoms with E-state index < -0.39 is 6.03 Å². The number of anilines is 1. The molecule has 0 aliphatic heterocycles. The van der Waals surface area contributed by atoms with Gasteiger partial charge in [0.2, 0.25) is 0 Å². The second kappa shape index (κ2) is 5.11. The van der Waals surface area contributed by atoms with Gasteiger partial charge in [-0.25, -0.2) is 4.79 Å². The fourth-order valence-corrected chi connectivity index (χ4v) is 1.04. The molecule has 0 saturated heterocycles. The van der Waals surface area contributed by atoms with Crippen LogP contribution >= 0.6 is 0 Å². The first-order chi connectivity index (χ1) is 6.74. The van der Waals surface area contributed by atoms with Gasteiger partial charge in [0.1, 0.15) is 5.75 Å². The molecule has 0 atom stereocenters. The van der Waals surface area contributed by atoms with Gasteiger partial charge in [-0.15, -0.1) is 0 Å². The van der Waals surface area contributed by atoms with Crippen molar-refractivity contribution in [2.75, 3.05) is 11.9 Å². The second-order valence-electron chi connectivity index (χ2n) is 2.83. The quantitative estimate of drug-likeness (QED) is 0.769. The van der Waals surface area contributed by atoms with E-state index >= 15 is 0 Å². The Hall–Kier alpha value is -1.71. The molecular formula is C10H14N2O2. The topological polar surface area (TPSA) is 64.3 Å². The van der Waals surface area contributed by atoms with Crippen molar-refractivity contribution in [3.8, 4) is 5.75 Å². The van der Waals surface area contributed by atoms with Crippen LogP contribution in [0, 0.1) is 0 Å². The third-order valence-electron chi connectivity index (χ3n) is 1.61. The van der Waals surface area contributed by atoms with Crippen molar-refractivity contribution >= 4 is 11.7 Å². The standard InChI is InChI=1S/C10H14N2O2/c1-2-7-14-9-6-4-3-5-8(9)12-10(11)13/h3-6H,2,7H2,1H3,(H3,11,12,13). The molecule has 0 aliphatic carbocycles. The Morgan fingerprint density at radius 1 is 1.50 bits per heavy atom. The van der Waals surface area contributed by atoms with Crippen LogP contribution in [0.1, 0.15) is 13.3 Å². The van der Waals surface area contributed by atoms with Gasteiger partial charge in [-0.1, -0.05) is 19.1 Å². The third-order valence-corrected chi connectivity index (χ3v) is 1.61. The fourth-order valence-electron chi connectivity index (χ4n) is 1.04. The number of para-hydroxylation sites is 2. The van der Waals surface area contributed by atoms with Crippen molar-refractivity contribution in [3.05, 3.63) is 24.3 Å². The predicted molar refractivity (Wildman–Crippen MR) is 55.4 cm³/mol. The average Bonchev–Trinajstić information content (AvgIpc) is 2.16. The number of ether oxygens (including phenoxy) is 1. The summed E-state index contributed by atoms with van der Waals surface area (Å²) in [6.07, 6.45) is 0.922. The van der Waals surface area contributed by atoms with Gasteiger partial charge in [0.15, 0.2) is 0 Å². The van der Waals surface area contributed by atoms with Gasteiger partial charge in [0.25, 0.3) is 0 Å². The van der Waals surface area contributed by atoms with Crippen molar-refractivity contribution in [1.82, 2.24) is 0 Å². The van der Waals surface area contributed by atoms with Crippen LogP contribution in [-0.2, 0) is 0 Å². The highest BCUT2D eigenvalue weighted by Gasteiger charge is 2.03. The van der Waals surface area contributed by atoms with Crippen LogP contribution in [0.3, 0.4) is 0 Å². The lowest BCUT2D eigenvalue weighted by molar-refractivity contribution is 0.259. The van der Waals surface area contributed by atoms with Crippen LogP contribution in [-0.4, -0.2) is 12.6 Å². The molecule has 0 spiro atoms. The number of primary amides is 1. The van der Waals surface area contributed by atoms with Crippen molar-refractivity contribution in [1.29, 1.82) is 0 Å². The zero-order chi connectivity index (χ0) is 10.4. The second-order valence-corrected chi connectivity index (χ2v) is 2.83. The maximum Gasteiger partial charge on any atom is 0.316 e. The molecular weight excluding hydrogens is 180 g/mol. The molecule has 0 aromatic heterocycles. The molecule has 1 aromatic carbocycles. The Morgan fingerprint density at radius 2 is 2.21 bits per heavy atom. The number of carbonyl (C=O) groups is 1. The summed E-state index contributed by atoms with van der Waals surface area (Å²) in [5.74, 6) is 0.646. The monoisotopic (exact) mass is 194 g/mol. The Morgan fingerprint density at radius 3 is 2.86 bits per heavy atom. The average molecular weight is 194 g/mol. The van der Waals surface area contributed by atoms with E-state index in [0.29, 0.717) is 18.0 Å². The molecule has 0 aliphatic rings. The number of hydrogen-bond acceptors (Lipinski definition) is 2. The number of carbonyl (C=O) groups excluding carboxylic acids is 1. The summed E-state index contributed by atoms with van der Waals surface area (Å²) in [6.45, 7) is 2.64. The highest BCUT2D eigenvalue weighted by atomic mass is 16.5. The predicted octanol–water partition coefficient (Wildman–Crippen LogP) is 1.97. The molecule has 0 unspecified atom stereocenters. The number of nitrogens with two attached hydrogens (primary N) is 1. The van der Waals surface area contributed by atoms with E-state index in [-0.39, 0.29) is 0 Å². The Balaban J connectivity index is 2.74. The number of urea groups is 1. The van der Waals surface area contributed by atoms with Gasteiger partial charge in [-0.2, -0.15) is 0 Å². The van der Waals surface area contributed by atoms with E-state index in [2.05, 4.69) is 5.32 Å². The highest BCUT2D eigenvalue weighted by molar-refractivity contribution is 5.89. The molecule has 0 fully saturated rings. The molecule has 1 rings (SSSR count). The normalized spacial score (nSPS) is 9.50. The highest BCUT2D eigenvalue weighted by Crippen LogP contribution is 2.23. The maximum absolute atomic E-state index is 10.7. The van der Waals surface area contributed by atoms with Crippen LogP contribution in [0.4, 0.5) is 10.5 Å². The van der Waals surface area contributed by atoms with E-state index in [1.54, 1.807) is 12.1 Å². The summed E-state index contributed by atoms with van der Waals surface area (Å²) in [5.41, 5.74) is 5.62. The van der Waals surface area contributed by atoms with Crippen molar-refractivity contribution in [2.45, 2.75) is 13.3 Å². The molecule has 3 N–H and O–H groups in total. The van der Waals surface area contributed by atoms with Crippen LogP contribution in [0.25, 0.3) is 0 Å². The lowest BCUT2D eigenvalue weighted by Gasteiger charge is -2.09. The summed E-state index contributed by atoms with van der Waals surface area (Å²) in [7, 11) is 0. The SMILES string of the molecule is CCCOc1ccccc1NC(N)=O. The van der Waals surface area contributed by atoms with Gasteiger partial charge >= 0.3 is 6.03 Å². The number of hydrogen-bond donors (Lipinski definition) is 2. The molecule has 0 saturated carbocycles. The first kappa shape index (κ1) is 10.4. The first-order valence-electron chi connectivity index (χ1n) is 4.52. The largest absolute Gasteiger partial charge is 0.491 e. The summed E-state index contributed by atoms with van der Waals surface area (Å²) in [6, 6.07) is 6.61. The molecule has 2 amide bonds. The Labute approximate surface area is 83.1 Å². The van der Waals surface area contributed by atoms with E-state index in [9.17, 15) is 4.79 Å². The summed E-state index contributed by atoms with van der Waals surface area (Å²) < 4.78 is 5.42. The lowest BCUT2D eigenvalue weighted by Crippen LogP contribution is -2.19. The van der Waals surface area contributed by atoms with Crippen LogP contribution in [0.2, 0.25) is 0 Å². The number of rotatable bonds is 4. The summed E-state index contributed by atoms with van der Waals surface area (Å²) in [4.78, 5) is 10.7. The minimum atomic E-state index is -0.586. The van der Waals surface area contributed by atoms with Gasteiger partial charge in [-0.05, 0) is 18.6 Å². The molecule has 76 valence electrons. The smallest absolute Gasteiger partial charge is 0.316 e. The zero-order valence-electron chi connectivity index (χ0n) is 8.12. The Kier molecular flexibility index (Phi) is 3.79. The molecule has 4 heteroatoms. The van der Waals surface area contributed by atoms with Crippen LogP contribution in [0.15, 0.2) is 24.3 Å². The third kappa shape index (κ3) is 2.97. The first-order valence-corrected chi connectivity index (χ1v) is 4.52. The summed E-state index contributed by atoms with van der Waals surface area (Å²) in [5, 5.41) is 2.50. The molecule has 0 radical (unpaired) electrons. The molecule has 4 nitrogen and oxygen atoms in total. The number of benzene rings is 1. The van der Waals surface area contributed by atoms with E-state index in [4.69, 9.17) is 10.5 Å². The number of amides is 2. The minimum Gasteiger partial charge on any atom is -0.491 e. The molecule has 0 bridgehead atoms. The maximum atomic E-state index is 10.7. The number of nitrogens with one attached hydrogen (secondary N) is 1. The van der Waals surface area contributed by atoms with E-state index in [1.165, 1.54) is 0 Å². The zero-order valence-corrected chi connectivity index (χ0v) is 8.12. The minimum absolute atomic E-state index is 0.586. The van der Waals surface area contributed by atoms with Crippen molar-refractivity contribution in [3.63, 3.8) is 0 Å². The van der Waals surface area contributed by atoms with Gasteiger partial charge in [0, 0.05) is 0 Å². The van der Waals surface area contributed by atoms with Crippen LogP contribution in [0.5, 0.6) is 5.75 Å². The van der Waals surface area contributed by atoms with Gasteiger partial charge in [0.05, 0.1) is 12.3 Å². The van der Waals surface area contributed by atoms with Crippen LogP contribution < -0.4 is 15.8 Å². The molecule has 0 heterocycles. The van der Waals surface area contributed by atoms with Gasteiger partial charge in [-0.3, -0.25) is 0 Å². The van der Waals surface area contributed by atoms with E-state index in [1.807, 2.05) is 19.1 Å². The molecule has 1 aromatic rings. The van der Waals surface area contributed by atoms with Crippen molar-refractivity contribution in [2.24, 2.45) is 5.73 Å². The van der Waals surface area contributed by atoms with E-state index in [0.717, 1.165) is 6.42 Å². The van der Waals surface area contributed by atoms with Crippen molar-refractivity contribution < 1.29 is 9.53 Å². The Bertz CT molecular complexity index is 313.